The highest BCUT2D eigenvalue weighted by Gasteiger charge is 2.27. The van der Waals surface area contributed by atoms with Crippen LogP contribution in [0.2, 0.25) is 0 Å². The van der Waals surface area contributed by atoms with Crippen molar-refractivity contribution in [2.75, 3.05) is 46.7 Å². The lowest BCUT2D eigenvalue weighted by molar-refractivity contribution is -1.36. The molecule has 0 atom stereocenters. The Morgan fingerprint density at radius 1 is 0.947 bits per heavy atom. The quantitative estimate of drug-likeness (QED) is 0.151. The summed E-state index contributed by atoms with van der Waals surface area (Å²) < 4.78 is 32.8. The van der Waals surface area contributed by atoms with Crippen LogP contribution in [0.25, 0.3) is 0 Å². The summed E-state index contributed by atoms with van der Waals surface area (Å²) in [6, 6.07) is 0. The maximum atomic E-state index is 8.63. The number of quaternary nitrogens is 1. The second-order valence-electron chi connectivity index (χ2n) is 2.87. The molecule has 4 N–H and O–H groups in total. The molecule has 0 rings (SSSR count). The zero-order chi connectivity index (χ0) is 15.4. The monoisotopic (exact) mass is 309 g/mol. The molecule has 0 unspecified atom stereocenters. The molecule has 0 aliphatic rings. The molecule has 0 aromatic heterocycles. The lowest BCUT2D eigenvalue weighted by Crippen LogP contribution is -2.45. The van der Waals surface area contributed by atoms with Gasteiger partial charge >= 0.3 is 0 Å². The Morgan fingerprint density at radius 2 is 1.16 bits per heavy atom. The first-order chi connectivity index (χ1) is 8.68. The van der Waals surface area contributed by atoms with Gasteiger partial charge in [0.25, 0.3) is 0 Å². The van der Waals surface area contributed by atoms with Gasteiger partial charge in [0.15, 0.2) is 7.05 Å². The van der Waals surface area contributed by atoms with Gasteiger partial charge in [-0.3, -0.25) is 4.55 Å². The summed E-state index contributed by atoms with van der Waals surface area (Å²) in [4.78, 5) is 14.3. The summed E-state index contributed by atoms with van der Waals surface area (Å²) in [5.41, 5.74) is 0. The zero-order valence-electron chi connectivity index (χ0n) is 10.3. The van der Waals surface area contributed by atoms with Crippen molar-refractivity contribution in [1.82, 2.24) is 0 Å². The molecule has 0 bridgehead atoms. The highest BCUT2D eigenvalue weighted by molar-refractivity contribution is 7.79. The Bertz CT molecular complexity index is 264. The highest BCUT2D eigenvalue weighted by Crippen LogP contribution is 2.06. The summed E-state index contributed by atoms with van der Waals surface area (Å²) in [6.07, 6.45) is 0. The third-order valence-corrected chi connectivity index (χ3v) is 1.25. The molecule has 11 nitrogen and oxygen atoms in total. The van der Waals surface area contributed by atoms with E-state index in [9.17, 15) is 0 Å². The molecule has 0 amide bonds. The fraction of sp³-hybridized carbons (Fsp3) is 1.00. The standard InChI is InChI=1S/C7H18NO6.H2O4S/c1-8(12-5-2-9,13-6-3-10)14-7-4-11;1-5(2,3)4/h9-11H,2-7H2,1H3;(H2,1,2,3,4)/q+1;/p-1. The second-order valence-corrected chi connectivity index (χ2v) is 3.73. The fourth-order valence-electron chi connectivity index (χ4n) is 0.732. The Balaban J connectivity index is 0. The zero-order valence-corrected chi connectivity index (χ0v) is 11.2. The molecule has 12 heteroatoms. The molecule has 0 spiro atoms. The number of hydrogen-bond acceptors (Lipinski definition) is 9. The maximum absolute atomic E-state index is 8.63. The van der Waals surface area contributed by atoms with Gasteiger partial charge in [0.05, 0.1) is 24.8 Å². The molecule has 19 heavy (non-hydrogen) atoms. The molecular weight excluding hydrogens is 290 g/mol. The van der Waals surface area contributed by atoms with Gasteiger partial charge in [0.1, 0.15) is 19.8 Å². The number of hydroxylamine groups is 3. The molecule has 0 saturated heterocycles. The Hall–Kier alpha value is -0.410. The lowest BCUT2D eigenvalue weighted by atomic mass is 10.8. The van der Waals surface area contributed by atoms with Crippen molar-refractivity contribution in [2.24, 2.45) is 0 Å². The minimum atomic E-state index is -4.92. The number of nitrogens with zero attached hydrogens (tertiary/aromatic N) is 1. The first kappa shape index (κ1) is 20.9. The number of aliphatic hydroxyl groups is 3. The second kappa shape index (κ2) is 11.4. The average Bonchev–Trinajstić information content (AvgIpc) is 2.30. The van der Waals surface area contributed by atoms with Crippen LogP contribution in [0.1, 0.15) is 0 Å². The SMILES string of the molecule is C[N+](OCCO)(OCCO)OCCO.O=S(=O)([O-])O. The topological polar surface area (TPSA) is 166 Å². The maximum Gasteiger partial charge on any atom is 0.215 e. The van der Waals surface area contributed by atoms with E-state index in [0.29, 0.717) is 0 Å². The van der Waals surface area contributed by atoms with E-state index in [4.69, 9.17) is 47.4 Å². The predicted octanol–water partition coefficient (Wildman–Crippen LogP) is -2.79. The fourth-order valence-corrected chi connectivity index (χ4v) is 0.732. The van der Waals surface area contributed by atoms with Crippen molar-refractivity contribution in [2.45, 2.75) is 0 Å². The Morgan fingerprint density at radius 3 is 1.32 bits per heavy atom. The summed E-state index contributed by atoms with van der Waals surface area (Å²) in [5, 5.41) is 25.6. The van der Waals surface area contributed by atoms with Crippen LogP contribution in [0.3, 0.4) is 0 Å². The first-order valence-electron chi connectivity index (χ1n) is 4.99. The summed E-state index contributed by atoms with van der Waals surface area (Å²) in [6.45, 7) is -0.398. The van der Waals surface area contributed by atoms with Gasteiger partial charge in [-0.05, 0) is 0 Å². The van der Waals surface area contributed by atoms with E-state index in [1.807, 2.05) is 0 Å². The molecule has 0 saturated carbocycles. The van der Waals surface area contributed by atoms with Crippen LogP contribution < -0.4 is 0 Å². The third-order valence-electron chi connectivity index (χ3n) is 1.25. The van der Waals surface area contributed by atoms with Crippen molar-refractivity contribution in [3.63, 3.8) is 0 Å². The van der Waals surface area contributed by atoms with Crippen LogP contribution in [0.15, 0.2) is 0 Å². The van der Waals surface area contributed by atoms with Gasteiger partial charge in [-0.2, -0.15) is 0 Å². The van der Waals surface area contributed by atoms with Crippen LogP contribution >= 0.6 is 0 Å². The van der Waals surface area contributed by atoms with Crippen LogP contribution in [0, 0.1) is 0 Å². The molecule has 0 fully saturated rings. The summed E-state index contributed by atoms with van der Waals surface area (Å²) >= 11 is 0. The molecular formula is C7H19NO10S. The minimum absolute atomic E-state index is 0.0351. The van der Waals surface area contributed by atoms with E-state index in [1.165, 1.54) is 7.05 Å². The molecule has 0 aromatic rings. The lowest BCUT2D eigenvalue weighted by Gasteiger charge is -2.24. The highest BCUT2D eigenvalue weighted by atomic mass is 32.3. The number of aliphatic hydroxyl groups excluding tert-OH is 3. The van der Waals surface area contributed by atoms with E-state index in [-0.39, 0.29) is 39.6 Å². The van der Waals surface area contributed by atoms with Crippen molar-refractivity contribution in [3.8, 4) is 0 Å². The van der Waals surface area contributed by atoms with Gasteiger partial charge in [-0.15, -0.1) is 14.5 Å². The van der Waals surface area contributed by atoms with E-state index in [0.717, 1.165) is 0 Å². The van der Waals surface area contributed by atoms with E-state index in [2.05, 4.69) is 0 Å². The van der Waals surface area contributed by atoms with Crippen molar-refractivity contribution >= 4 is 10.4 Å². The van der Waals surface area contributed by atoms with Crippen LogP contribution in [0.5, 0.6) is 0 Å². The van der Waals surface area contributed by atoms with Gasteiger partial charge in [0.2, 0.25) is 10.4 Å². The summed E-state index contributed by atoms with van der Waals surface area (Å²) in [5.74, 6) is 0. The average molecular weight is 309 g/mol. The van der Waals surface area contributed by atoms with Gasteiger partial charge in [0, 0.05) is 0 Å². The predicted molar refractivity (Wildman–Crippen MR) is 57.6 cm³/mol. The van der Waals surface area contributed by atoms with Crippen LogP contribution in [-0.2, 0) is 24.9 Å². The van der Waals surface area contributed by atoms with Crippen LogP contribution in [0.4, 0.5) is 0 Å². The summed E-state index contributed by atoms with van der Waals surface area (Å²) in [7, 11) is -3.47. The van der Waals surface area contributed by atoms with E-state index >= 15 is 0 Å². The number of hydrogen-bond donors (Lipinski definition) is 4. The molecule has 0 aliphatic heterocycles. The van der Waals surface area contributed by atoms with Gasteiger partial charge in [-0.1, -0.05) is 0 Å². The molecule has 0 aliphatic carbocycles. The molecule has 0 aromatic carbocycles. The smallest absolute Gasteiger partial charge is 0.215 e. The minimum Gasteiger partial charge on any atom is -0.726 e. The third kappa shape index (κ3) is 20.1. The van der Waals surface area contributed by atoms with Crippen molar-refractivity contribution in [1.29, 1.82) is 0 Å². The van der Waals surface area contributed by atoms with Crippen molar-refractivity contribution < 1.29 is 52.3 Å². The van der Waals surface area contributed by atoms with Gasteiger partial charge < -0.3 is 19.9 Å². The van der Waals surface area contributed by atoms with E-state index in [1.54, 1.807) is 0 Å². The first-order valence-corrected chi connectivity index (χ1v) is 6.36. The van der Waals surface area contributed by atoms with Gasteiger partial charge in [-0.25, -0.2) is 8.42 Å². The Kier molecular flexibility index (Phi) is 12.6. The molecule has 118 valence electrons. The van der Waals surface area contributed by atoms with E-state index < -0.39 is 15.4 Å². The van der Waals surface area contributed by atoms with Crippen molar-refractivity contribution in [3.05, 3.63) is 0 Å². The van der Waals surface area contributed by atoms with Crippen LogP contribution in [-0.4, -0.2) is 84.5 Å². The number of rotatable bonds is 9. The normalized spacial score (nSPS) is 11.9. The largest absolute Gasteiger partial charge is 0.726 e. The molecule has 0 heterocycles. The molecule has 0 radical (unpaired) electrons. The Labute approximate surface area is 110 Å².